The van der Waals surface area contributed by atoms with Crippen LogP contribution in [0.15, 0.2) is 11.6 Å². The van der Waals surface area contributed by atoms with Gasteiger partial charge in [-0.3, -0.25) is 9.69 Å². The molecule has 1 N–H and O–H groups in total. The highest BCUT2D eigenvalue weighted by Crippen LogP contribution is 2.29. The Bertz CT molecular complexity index is 364. The Kier molecular flexibility index (Phi) is 5.22. The summed E-state index contributed by atoms with van der Waals surface area (Å²) in [5, 5.41) is 3.28. The van der Waals surface area contributed by atoms with Gasteiger partial charge in [-0.2, -0.15) is 0 Å². The predicted octanol–water partition coefficient (Wildman–Crippen LogP) is 1.49. The van der Waals surface area contributed by atoms with E-state index in [2.05, 4.69) is 37.1 Å². The van der Waals surface area contributed by atoms with Crippen LogP contribution in [0.5, 0.6) is 0 Å². The number of nitrogens with zero attached hydrogens (tertiary/aromatic N) is 2. The third kappa shape index (κ3) is 4.32. The summed E-state index contributed by atoms with van der Waals surface area (Å²) in [7, 11) is 0. The van der Waals surface area contributed by atoms with Gasteiger partial charge in [0.15, 0.2) is 0 Å². The Balaban J connectivity index is 1.73. The van der Waals surface area contributed by atoms with Crippen molar-refractivity contribution in [3.63, 3.8) is 0 Å². The Morgan fingerprint density at radius 2 is 1.95 bits per heavy atom. The minimum Gasteiger partial charge on any atom is -0.340 e. The standard InChI is InChI=1S/C16H29N3O/c1-16(2,3)14-4-9-18(10-5-14)11-6-15(20)19-12-7-17-8-13-19/h4,17H,5-13H2,1-3H3. The molecule has 0 aromatic carbocycles. The molecule has 2 rings (SSSR count). The zero-order chi connectivity index (χ0) is 14.6. The summed E-state index contributed by atoms with van der Waals surface area (Å²) in [6.07, 6.45) is 4.17. The maximum absolute atomic E-state index is 12.1. The first-order valence-corrected chi connectivity index (χ1v) is 7.87. The maximum Gasteiger partial charge on any atom is 0.223 e. The molecule has 0 saturated carbocycles. The number of hydrogen-bond donors (Lipinski definition) is 1. The highest BCUT2D eigenvalue weighted by molar-refractivity contribution is 5.76. The molecule has 4 heteroatoms. The van der Waals surface area contributed by atoms with E-state index in [1.165, 1.54) is 0 Å². The summed E-state index contributed by atoms with van der Waals surface area (Å²) in [4.78, 5) is 16.5. The fraction of sp³-hybridized carbons (Fsp3) is 0.812. The van der Waals surface area contributed by atoms with Crippen molar-refractivity contribution in [3.05, 3.63) is 11.6 Å². The topological polar surface area (TPSA) is 35.6 Å². The smallest absolute Gasteiger partial charge is 0.223 e. The molecular formula is C16H29N3O. The van der Waals surface area contributed by atoms with Crippen molar-refractivity contribution >= 4 is 5.91 Å². The second-order valence-electron chi connectivity index (χ2n) is 6.91. The largest absolute Gasteiger partial charge is 0.340 e. The van der Waals surface area contributed by atoms with Gasteiger partial charge >= 0.3 is 0 Å². The SMILES string of the molecule is CC(C)(C)C1=CCN(CCC(=O)N2CCNCC2)CC1. The number of nitrogens with one attached hydrogen (secondary N) is 1. The summed E-state index contributed by atoms with van der Waals surface area (Å²) in [5.41, 5.74) is 1.85. The van der Waals surface area contributed by atoms with Crippen LogP contribution in [0.1, 0.15) is 33.6 Å². The average molecular weight is 279 g/mol. The van der Waals surface area contributed by atoms with Crippen LogP contribution < -0.4 is 5.32 Å². The third-order valence-electron chi connectivity index (χ3n) is 4.37. The Labute approximate surface area is 123 Å². The van der Waals surface area contributed by atoms with E-state index in [4.69, 9.17) is 0 Å². The van der Waals surface area contributed by atoms with Crippen LogP contribution in [0.3, 0.4) is 0 Å². The van der Waals surface area contributed by atoms with E-state index in [9.17, 15) is 4.79 Å². The number of amides is 1. The van der Waals surface area contributed by atoms with Crippen molar-refractivity contribution in [3.8, 4) is 0 Å². The van der Waals surface area contributed by atoms with Gasteiger partial charge in [-0.15, -0.1) is 0 Å². The first-order chi connectivity index (χ1) is 9.47. The summed E-state index contributed by atoms with van der Waals surface area (Å²) < 4.78 is 0. The molecule has 1 amide bonds. The van der Waals surface area contributed by atoms with Gasteiger partial charge in [0.1, 0.15) is 0 Å². The minimum absolute atomic E-state index is 0.294. The van der Waals surface area contributed by atoms with Gasteiger partial charge < -0.3 is 10.2 Å². The zero-order valence-electron chi connectivity index (χ0n) is 13.2. The summed E-state index contributed by atoms with van der Waals surface area (Å²) >= 11 is 0. The van der Waals surface area contributed by atoms with Crippen LogP contribution in [0.25, 0.3) is 0 Å². The summed E-state index contributed by atoms with van der Waals surface area (Å²) in [6.45, 7) is 13.4. The first-order valence-electron chi connectivity index (χ1n) is 7.87. The molecule has 114 valence electrons. The fourth-order valence-corrected chi connectivity index (χ4v) is 2.92. The van der Waals surface area contributed by atoms with Gasteiger partial charge in [-0.25, -0.2) is 0 Å². The lowest BCUT2D eigenvalue weighted by Crippen LogP contribution is -2.47. The van der Waals surface area contributed by atoms with E-state index < -0.39 is 0 Å². The van der Waals surface area contributed by atoms with Crippen LogP contribution in [0.2, 0.25) is 0 Å². The molecule has 2 aliphatic rings. The molecule has 2 heterocycles. The van der Waals surface area contributed by atoms with E-state index in [0.717, 1.165) is 52.2 Å². The van der Waals surface area contributed by atoms with Crippen LogP contribution in [-0.2, 0) is 4.79 Å². The second kappa shape index (κ2) is 6.72. The molecule has 0 radical (unpaired) electrons. The fourth-order valence-electron chi connectivity index (χ4n) is 2.92. The molecule has 0 atom stereocenters. The van der Waals surface area contributed by atoms with Crippen molar-refractivity contribution in [1.82, 2.24) is 15.1 Å². The zero-order valence-corrected chi connectivity index (χ0v) is 13.2. The van der Waals surface area contributed by atoms with Crippen LogP contribution in [-0.4, -0.2) is 61.5 Å². The van der Waals surface area contributed by atoms with Crippen molar-refractivity contribution < 1.29 is 4.79 Å². The second-order valence-corrected chi connectivity index (χ2v) is 6.91. The molecule has 0 unspecified atom stereocenters. The van der Waals surface area contributed by atoms with Crippen molar-refractivity contribution in [2.45, 2.75) is 33.6 Å². The lowest BCUT2D eigenvalue weighted by molar-refractivity contribution is -0.132. The molecule has 20 heavy (non-hydrogen) atoms. The number of rotatable bonds is 3. The van der Waals surface area contributed by atoms with Crippen molar-refractivity contribution in [2.24, 2.45) is 5.41 Å². The predicted molar refractivity (Wildman–Crippen MR) is 82.7 cm³/mol. The van der Waals surface area contributed by atoms with E-state index >= 15 is 0 Å². The molecule has 1 saturated heterocycles. The van der Waals surface area contributed by atoms with Crippen LogP contribution >= 0.6 is 0 Å². The van der Waals surface area contributed by atoms with E-state index in [1.807, 2.05) is 4.90 Å². The van der Waals surface area contributed by atoms with E-state index in [0.29, 0.717) is 17.7 Å². The van der Waals surface area contributed by atoms with E-state index in [1.54, 1.807) is 5.57 Å². The minimum atomic E-state index is 0.294. The number of carbonyl (C=O) groups is 1. The lowest BCUT2D eigenvalue weighted by Gasteiger charge is -2.33. The highest BCUT2D eigenvalue weighted by atomic mass is 16.2. The van der Waals surface area contributed by atoms with Gasteiger partial charge in [-0.05, 0) is 11.8 Å². The molecular weight excluding hydrogens is 250 g/mol. The van der Waals surface area contributed by atoms with Gasteiger partial charge in [0.25, 0.3) is 0 Å². The molecule has 0 aromatic heterocycles. The lowest BCUT2D eigenvalue weighted by atomic mass is 9.83. The van der Waals surface area contributed by atoms with Crippen molar-refractivity contribution in [2.75, 3.05) is 45.8 Å². The quantitative estimate of drug-likeness (QED) is 0.795. The van der Waals surface area contributed by atoms with Gasteiger partial charge in [0.05, 0.1) is 0 Å². The normalized spacial score (nSPS) is 21.8. The maximum atomic E-state index is 12.1. The van der Waals surface area contributed by atoms with Gasteiger partial charge in [0.2, 0.25) is 5.91 Å². The third-order valence-corrected chi connectivity index (χ3v) is 4.37. The van der Waals surface area contributed by atoms with Gasteiger partial charge in [0, 0.05) is 52.2 Å². The summed E-state index contributed by atoms with van der Waals surface area (Å²) in [5.74, 6) is 0.317. The number of piperazine rings is 1. The average Bonchev–Trinajstić information content (AvgIpc) is 2.45. The Hall–Kier alpha value is -0.870. The Morgan fingerprint density at radius 1 is 1.25 bits per heavy atom. The van der Waals surface area contributed by atoms with E-state index in [-0.39, 0.29) is 0 Å². The van der Waals surface area contributed by atoms with Crippen LogP contribution in [0.4, 0.5) is 0 Å². The molecule has 1 fully saturated rings. The number of carbonyl (C=O) groups excluding carboxylic acids is 1. The van der Waals surface area contributed by atoms with Crippen LogP contribution in [0, 0.1) is 5.41 Å². The molecule has 0 aliphatic carbocycles. The first kappa shape index (κ1) is 15.5. The molecule has 0 aromatic rings. The molecule has 4 nitrogen and oxygen atoms in total. The van der Waals surface area contributed by atoms with Crippen molar-refractivity contribution in [1.29, 1.82) is 0 Å². The highest BCUT2D eigenvalue weighted by Gasteiger charge is 2.22. The molecule has 0 spiro atoms. The van der Waals surface area contributed by atoms with Gasteiger partial charge in [-0.1, -0.05) is 32.4 Å². The molecule has 2 aliphatic heterocycles. The Morgan fingerprint density at radius 3 is 2.50 bits per heavy atom. The number of hydrogen-bond acceptors (Lipinski definition) is 3. The molecule has 0 bridgehead atoms. The summed E-state index contributed by atoms with van der Waals surface area (Å²) in [6, 6.07) is 0. The monoisotopic (exact) mass is 279 g/mol.